The van der Waals surface area contributed by atoms with Gasteiger partial charge in [0, 0.05) is 5.39 Å². The second-order valence-corrected chi connectivity index (χ2v) is 8.90. The summed E-state index contributed by atoms with van der Waals surface area (Å²) >= 11 is 24.6. The Kier molecular flexibility index (Phi) is 6.41. The Morgan fingerprint density at radius 2 is 1.55 bits per heavy atom. The molecule has 0 bridgehead atoms. The molecule has 0 radical (unpaired) electrons. The van der Waals surface area contributed by atoms with Crippen LogP contribution in [0.5, 0.6) is 0 Å². The fourth-order valence-electron chi connectivity index (χ4n) is 3.87. The molecular weight excluding hydrogens is 476 g/mol. The first-order chi connectivity index (χ1) is 14.8. The summed E-state index contributed by atoms with van der Waals surface area (Å²) in [5.74, 6) is -2.07. The van der Waals surface area contributed by atoms with Gasteiger partial charge in [-0.25, -0.2) is 0 Å². The van der Waals surface area contributed by atoms with Gasteiger partial charge in [-0.15, -0.1) is 0 Å². The number of carbonyl (C=O) groups excluding carboxylic acids is 2. The van der Waals surface area contributed by atoms with Crippen molar-refractivity contribution in [3.63, 3.8) is 0 Å². The first kappa shape index (κ1) is 22.3. The van der Waals surface area contributed by atoms with Crippen LogP contribution < -0.4 is 0 Å². The zero-order valence-corrected chi connectivity index (χ0v) is 19.5. The van der Waals surface area contributed by atoms with Gasteiger partial charge in [0.2, 0.25) is 0 Å². The van der Waals surface area contributed by atoms with Crippen molar-refractivity contribution in [2.45, 2.75) is 32.1 Å². The molecule has 3 aromatic rings. The first-order valence-electron chi connectivity index (χ1n) is 9.80. The van der Waals surface area contributed by atoms with E-state index in [9.17, 15) is 9.59 Å². The number of halogens is 4. The largest absolute Gasteiger partial charge is 0.293 e. The Morgan fingerprint density at radius 3 is 2.16 bits per heavy atom. The van der Waals surface area contributed by atoms with Crippen molar-refractivity contribution in [3.8, 4) is 0 Å². The number of aryl methyl sites for hydroxylation is 1. The van der Waals surface area contributed by atoms with Crippen LogP contribution in [0.15, 0.2) is 42.5 Å². The van der Waals surface area contributed by atoms with Crippen LogP contribution in [0.2, 0.25) is 20.1 Å². The molecule has 1 heterocycles. The summed E-state index contributed by atoms with van der Waals surface area (Å²) in [6.45, 7) is 2.02. The first-order valence-corrected chi connectivity index (χ1v) is 11.3. The Hall–Kier alpha value is -1.91. The second-order valence-electron chi connectivity index (χ2n) is 7.39. The van der Waals surface area contributed by atoms with Crippen LogP contribution in [-0.4, -0.2) is 16.6 Å². The number of benzene rings is 2. The van der Waals surface area contributed by atoms with E-state index in [4.69, 9.17) is 46.4 Å². The number of pyridine rings is 1. The van der Waals surface area contributed by atoms with E-state index in [0.29, 0.717) is 11.2 Å². The third-order valence-electron chi connectivity index (χ3n) is 5.43. The van der Waals surface area contributed by atoms with Gasteiger partial charge >= 0.3 is 0 Å². The van der Waals surface area contributed by atoms with Crippen LogP contribution in [0.3, 0.4) is 0 Å². The number of nitrogens with zero attached hydrogens (tertiary/aromatic N) is 1. The van der Waals surface area contributed by atoms with Crippen molar-refractivity contribution in [2.75, 3.05) is 0 Å². The van der Waals surface area contributed by atoms with Crippen molar-refractivity contribution < 1.29 is 9.59 Å². The molecule has 0 fully saturated rings. The lowest BCUT2D eigenvalue weighted by atomic mass is 9.98. The maximum Gasteiger partial charge on any atom is 0.182 e. The number of carbonyl (C=O) groups is 2. The number of hydrogen-bond donors (Lipinski definition) is 0. The highest BCUT2D eigenvalue weighted by molar-refractivity contribution is 6.55. The number of Topliss-reactive ketones (excluding diaryl/α,β-unsaturated/α-hetero) is 2. The standard InChI is InChI=1S/C24H17Cl4NO2/c1-2-3-4-5-6-12-7-9-14-13(11-12)8-10-15(29-14)16-23(30)17-18(24(16)31)20(26)22(28)21(27)19(17)25/h2-3,7-11,16H,4-6H2,1H3/b3-2-. The molecule has 1 aliphatic rings. The maximum atomic E-state index is 13.1. The third kappa shape index (κ3) is 3.89. The topological polar surface area (TPSA) is 47.0 Å². The Bertz CT molecular complexity index is 1220. The molecule has 31 heavy (non-hydrogen) atoms. The van der Waals surface area contributed by atoms with E-state index in [-0.39, 0.29) is 31.2 Å². The molecule has 0 N–H and O–H groups in total. The van der Waals surface area contributed by atoms with Gasteiger partial charge in [0.15, 0.2) is 11.6 Å². The number of rotatable bonds is 5. The molecule has 2 aromatic carbocycles. The normalized spacial score (nSPS) is 14.2. The molecule has 3 nitrogen and oxygen atoms in total. The van der Waals surface area contributed by atoms with E-state index in [1.54, 1.807) is 6.07 Å². The molecule has 0 aliphatic heterocycles. The molecule has 0 atom stereocenters. The van der Waals surface area contributed by atoms with Crippen LogP contribution in [0.4, 0.5) is 0 Å². The molecule has 0 unspecified atom stereocenters. The fraction of sp³-hybridized carbons (Fsp3) is 0.208. The zero-order valence-electron chi connectivity index (χ0n) is 16.5. The molecule has 0 spiro atoms. The lowest BCUT2D eigenvalue weighted by Gasteiger charge is -2.09. The third-order valence-corrected chi connectivity index (χ3v) is 7.23. The van der Waals surface area contributed by atoms with E-state index in [2.05, 4.69) is 23.2 Å². The van der Waals surface area contributed by atoms with Gasteiger partial charge in [-0.05, 0) is 49.9 Å². The molecule has 4 rings (SSSR count). The van der Waals surface area contributed by atoms with E-state index in [1.165, 1.54) is 5.56 Å². The highest BCUT2D eigenvalue weighted by Gasteiger charge is 2.45. The SMILES string of the molecule is C/C=C\CCCc1ccc2nc(C3C(=O)c4c(Cl)c(Cl)c(Cl)c(Cl)c4C3=O)ccc2c1. The van der Waals surface area contributed by atoms with E-state index >= 15 is 0 Å². The monoisotopic (exact) mass is 491 g/mol. The predicted octanol–water partition coefficient (Wildman–Crippen LogP) is 7.91. The van der Waals surface area contributed by atoms with Crippen molar-refractivity contribution in [1.29, 1.82) is 0 Å². The van der Waals surface area contributed by atoms with Crippen molar-refractivity contribution >= 4 is 68.9 Å². The number of fused-ring (bicyclic) bond motifs is 2. The predicted molar refractivity (Wildman–Crippen MR) is 127 cm³/mol. The number of unbranched alkanes of at least 4 members (excludes halogenated alkanes) is 1. The van der Waals surface area contributed by atoms with Gasteiger partial charge in [0.05, 0.1) is 42.4 Å². The zero-order chi connectivity index (χ0) is 22.3. The quantitative estimate of drug-likeness (QED) is 0.119. The molecule has 1 aromatic heterocycles. The van der Waals surface area contributed by atoms with Crippen molar-refractivity contribution in [1.82, 2.24) is 4.98 Å². The van der Waals surface area contributed by atoms with Crippen molar-refractivity contribution in [2.24, 2.45) is 0 Å². The molecule has 0 saturated carbocycles. The summed E-state index contributed by atoms with van der Waals surface area (Å²) in [7, 11) is 0. The molecule has 0 amide bonds. The van der Waals surface area contributed by atoms with Crippen molar-refractivity contribution in [3.05, 3.63) is 85.0 Å². The van der Waals surface area contributed by atoms with Gasteiger partial charge < -0.3 is 0 Å². The Labute approximate surface area is 200 Å². The van der Waals surface area contributed by atoms with Crippen LogP contribution in [-0.2, 0) is 6.42 Å². The fourth-order valence-corrected chi connectivity index (χ4v) is 4.91. The van der Waals surface area contributed by atoms with Crippen LogP contribution in [0, 0.1) is 0 Å². The van der Waals surface area contributed by atoms with Gasteiger partial charge in [-0.3, -0.25) is 14.6 Å². The van der Waals surface area contributed by atoms with Gasteiger partial charge in [0.25, 0.3) is 0 Å². The number of allylic oxidation sites excluding steroid dienone is 2. The highest BCUT2D eigenvalue weighted by atomic mass is 35.5. The number of aromatic nitrogens is 1. The average molecular weight is 493 g/mol. The Balaban J connectivity index is 1.69. The summed E-state index contributed by atoms with van der Waals surface area (Å²) in [6.07, 6.45) is 7.28. The minimum absolute atomic E-state index is 0.00874. The lowest BCUT2D eigenvalue weighted by Crippen LogP contribution is -2.14. The Morgan fingerprint density at radius 1 is 0.903 bits per heavy atom. The summed E-state index contributed by atoms with van der Waals surface area (Å²) in [4.78, 5) is 30.8. The summed E-state index contributed by atoms with van der Waals surface area (Å²) in [5, 5.41) is 0.750. The van der Waals surface area contributed by atoms with Gasteiger partial charge in [0.1, 0.15) is 5.92 Å². The van der Waals surface area contributed by atoms with Gasteiger partial charge in [-0.2, -0.15) is 0 Å². The summed E-state index contributed by atoms with van der Waals surface area (Å²) in [6, 6.07) is 9.59. The van der Waals surface area contributed by atoms with Crippen LogP contribution in [0.25, 0.3) is 10.9 Å². The lowest BCUT2D eigenvalue weighted by molar-refractivity contribution is 0.0888. The smallest absolute Gasteiger partial charge is 0.182 e. The summed E-state index contributed by atoms with van der Waals surface area (Å²) in [5.41, 5.74) is 2.29. The van der Waals surface area contributed by atoms with E-state index < -0.39 is 17.5 Å². The molecule has 1 aliphatic carbocycles. The molecule has 0 saturated heterocycles. The molecule has 7 heteroatoms. The molecular formula is C24H17Cl4NO2. The van der Waals surface area contributed by atoms with Gasteiger partial charge in [-0.1, -0.05) is 70.7 Å². The van der Waals surface area contributed by atoms with Crippen LogP contribution >= 0.6 is 46.4 Å². The van der Waals surface area contributed by atoms with E-state index in [1.807, 2.05) is 25.1 Å². The average Bonchev–Trinajstić information content (AvgIpc) is 3.03. The molecule has 158 valence electrons. The number of ketones is 2. The minimum atomic E-state index is -1.12. The number of hydrogen-bond acceptors (Lipinski definition) is 3. The van der Waals surface area contributed by atoms with Crippen LogP contribution in [0.1, 0.15) is 57.7 Å². The minimum Gasteiger partial charge on any atom is -0.293 e. The highest BCUT2D eigenvalue weighted by Crippen LogP contribution is 2.47. The van der Waals surface area contributed by atoms with E-state index in [0.717, 1.165) is 24.6 Å². The maximum absolute atomic E-state index is 13.1. The summed E-state index contributed by atoms with van der Waals surface area (Å²) < 4.78 is 0. The second kappa shape index (κ2) is 8.91.